The van der Waals surface area contributed by atoms with Crippen LogP contribution in [-0.4, -0.2) is 24.6 Å². The lowest BCUT2D eigenvalue weighted by Crippen LogP contribution is -2.30. The third-order valence-electron chi connectivity index (χ3n) is 5.64. The Balaban J connectivity index is 1.99. The summed E-state index contributed by atoms with van der Waals surface area (Å²) >= 11 is 1.06. The van der Waals surface area contributed by atoms with Gasteiger partial charge in [-0.15, -0.1) is 11.3 Å². The highest BCUT2D eigenvalue weighted by atomic mass is 32.1. The quantitative estimate of drug-likeness (QED) is 0.561. The van der Waals surface area contributed by atoms with E-state index in [0.29, 0.717) is 42.4 Å². The molecule has 1 heterocycles. The van der Waals surface area contributed by atoms with Crippen LogP contribution in [0, 0.1) is 11.3 Å². The number of alkyl halides is 3. The van der Waals surface area contributed by atoms with E-state index < -0.39 is 18.0 Å². The van der Waals surface area contributed by atoms with Crippen LogP contribution in [0.1, 0.15) is 54.9 Å². The summed E-state index contributed by atoms with van der Waals surface area (Å²) in [5.41, 5.74) is 1.24. The Hall–Kier alpha value is -2.55. The third-order valence-corrected chi connectivity index (χ3v) is 6.81. The molecule has 3 rings (SSSR count). The largest absolute Gasteiger partial charge is 0.492 e. The molecule has 174 valence electrons. The molecule has 0 radical (unpaired) electrons. The number of halogens is 3. The summed E-state index contributed by atoms with van der Waals surface area (Å²) < 4.78 is 44.3. The molecular weight excluding hydrogens is 441 g/mol. The van der Waals surface area contributed by atoms with E-state index in [1.54, 1.807) is 24.3 Å². The van der Waals surface area contributed by atoms with Gasteiger partial charge in [-0.3, -0.25) is 9.59 Å². The molecule has 9 heteroatoms. The maximum Gasteiger partial charge on any atom is 0.471 e. The van der Waals surface area contributed by atoms with Gasteiger partial charge in [-0.1, -0.05) is 32.9 Å². The lowest BCUT2D eigenvalue weighted by atomic mass is 9.72. The van der Waals surface area contributed by atoms with Crippen molar-refractivity contribution in [1.82, 2.24) is 0 Å². The first-order chi connectivity index (χ1) is 14.9. The zero-order valence-corrected chi connectivity index (χ0v) is 19.3. The summed E-state index contributed by atoms with van der Waals surface area (Å²) in [7, 11) is 0. The molecular formula is C23H27F3N2O3S. The summed E-state index contributed by atoms with van der Waals surface area (Å²) in [6, 6.07) is 6.84. The number of amides is 2. The molecule has 0 aliphatic heterocycles. The smallest absolute Gasteiger partial charge is 0.471 e. The zero-order valence-electron chi connectivity index (χ0n) is 18.5. The summed E-state index contributed by atoms with van der Waals surface area (Å²) in [4.78, 5) is 25.7. The SMILES string of the molecule is CCOc1ccccc1NC(=O)c1c(NC(=O)C(F)(F)F)sc2c1CC[C@@H](C(C)(C)C)C2. The van der Waals surface area contributed by atoms with Crippen LogP contribution < -0.4 is 15.4 Å². The Morgan fingerprint density at radius 1 is 1.16 bits per heavy atom. The van der Waals surface area contributed by atoms with Crippen LogP contribution in [0.4, 0.5) is 23.9 Å². The van der Waals surface area contributed by atoms with Gasteiger partial charge < -0.3 is 15.4 Å². The van der Waals surface area contributed by atoms with Gasteiger partial charge >= 0.3 is 12.1 Å². The molecule has 1 aliphatic rings. The summed E-state index contributed by atoms with van der Waals surface area (Å²) in [5.74, 6) is -1.87. The van der Waals surface area contributed by atoms with E-state index in [1.807, 2.05) is 12.2 Å². The predicted molar refractivity (Wildman–Crippen MR) is 120 cm³/mol. The van der Waals surface area contributed by atoms with Gasteiger partial charge in [0.15, 0.2) is 0 Å². The molecule has 0 saturated heterocycles. The minimum absolute atomic E-state index is 0.0237. The number of carbonyl (C=O) groups excluding carboxylic acids is 2. The number of rotatable bonds is 5. The topological polar surface area (TPSA) is 67.4 Å². The molecule has 2 aromatic rings. The highest BCUT2D eigenvalue weighted by Crippen LogP contribution is 2.45. The van der Waals surface area contributed by atoms with E-state index in [-0.39, 0.29) is 16.0 Å². The minimum atomic E-state index is -5.05. The molecule has 1 aromatic heterocycles. The van der Waals surface area contributed by atoms with Crippen molar-refractivity contribution in [2.75, 3.05) is 17.2 Å². The first kappa shape index (κ1) is 24.1. The van der Waals surface area contributed by atoms with E-state index in [9.17, 15) is 22.8 Å². The minimum Gasteiger partial charge on any atom is -0.492 e. The van der Waals surface area contributed by atoms with Crippen molar-refractivity contribution < 1.29 is 27.5 Å². The molecule has 0 unspecified atom stereocenters. The summed E-state index contributed by atoms with van der Waals surface area (Å²) in [6.07, 6.45) is -3.02. The maximum atomic E-state index is 13.2. The van der Waals surface area contributed by atoms with Crippen LogP contribution in [0.25, 0.3) is 0 Å². The zero-order chi connectivity index (χ0) is 23.7. The maximum absolute atomic E-state index is 13.2. The Morgan fingerprint density at radius 3 is 2.47 bits per heavy atom. The number of para-hydroxylation sites is 2. The predicted octanol–water partition coefficient (Wildman–Crippen LogP) is 6.05. The van der Waals surface area contributed by atoms with Crippen molar-refractivity contribution in [3.8, 4) is 5.75 Å². The Labute approximate surface area is 189 Å². The molecule has 0 saturated carbocycles. The van der Waals surface area contributed by atoms with Crippen LogP contribution in [0.3, 0.4) is 0 Å². The molecule has 1 aromatic carbocycles. The lowest BCUT2D eigenvalue weighted by molar-refractivity contribution is -0.167. The van der Waals surface area contributed by atoms with Crippen LogP contribution in [0.5, 0.6) is 5.75 Å². The van der Waals surface area contributed by atoms with Crippen LogP contribution in [-0.2, 0) is 17.6 Å². The van der Waals surface area contributed by atoms with Crippen molar-refractivity contribution in [2.24, 2.45) is 11.3 Å². The lowest BCUT2D eigenvalue weighted by Gasteiger charge is -2.33. The van der Waals surface area contributed by atoms with E-state index in [4.69, 9.17) is 4.74 Å². The van der Waals surface area contributed by atoms with Gasteiger partial charge in [0.05, 0.1) is 17.9 Å². The van der Waals surface area contributed by atoms with Gasteiger partial charge in [-0.05, 0) is 55.2 Å². The summed E-state index contributed by atoms with van der Waals surface area (Å²) in [5, 5.41) is 4.61. The first-order valence-corrected chi connectivity index (χ1v) is 11.3. The number of thiophene rings is 1. The van der Waals surface area contributed by atoms with Crippen LogP contribution in [0.15, 0.2) is 24.3 Å². The highest BCUT2D eigenvalue weighted by molar-refractivity contribution is 7.17. The molecule has 0 spiro atoms. The van der Waals surface area contributed by atoms with Crippen molar-refractivity contribution in [3.63, 3.8) is 0 Å². The van der Waals surface area contributed by atoms with Gasteiger partial charge in [0.1, 0.15) is 10.8 Å². The van der Waals surface area contributed by atoms with Gasteiger partial charge in [0, 0.05) is 4.88 Å². The van der Waals surface area contributed by atoms with Crippen molar-refractivity contribution >= 4 is 33.8 Å². The molecule has 0 fully saturated rings. The Bertz CT molecular complexity index is 1010. The average Bonchev–Trinajstić information content (AvgIpc) is 3.05. The number of fused-ring (bicyclic) bond motifs is 1. The fourth-order valence-corrected chi connectivity index (χ4v) is 5.18. The molecule has 2 amide bonds. The second kappa shape index (κ2) is 9.13. The van der Waals surface area contributed by atoms with E-state index in [0.717, 1.165) is 22.6 Å². The fraction of sp³-hybridized carbons (Fsp3) is 0.478. The number of ether oxygens (including phenoxy) is 1. The fourth-order valence-electron chi connectivity index (χ4n) is 3.86. The first-order valence-electron chi connectivity index (χ1n) is 10.5. The number of carbonyl (C=O) groups is 2. The number of hydrogen-bond acceptors (Lipinski definition) is 4. The Kier molecular flexibility index (Phi) is 6.88. The molecule has 1 atom stereocenters. The standard InChI is InChI=1S/C23H27F3N2O3S/c1-5-31-16-9-7-6-8-15(16)27-19(29)18-14-11-10-13(22(2,3)4)12-17(14)32-20(18)28-21(30)23(24,25)26/h6-9,13H,5,10-12H2,1-4H3,(H,27,29)(H,28,30)/t13-/m1/s1. The number of hydrogen-bond donors (Lipinski definition) is 2. The number of benzene rings is 1. The van der Waals surface area contributed by atoms with E-state index in [2.05, 4.69) is 26.1 Å². The number of nitrogens with one attached hydrogen (secondary N) is 2. The van der Waals surface area contributed by atoms with Crippen LogP contribution >= 0.6 is 11.3 Å². The van der Waals surface area contributed by atoms with Gasteiger partial charge in [-0.2, -0.15) is 13.2 Å². The van der Waals surface area contributed by atoms with Gasteiger partial charge in [0.25, 0.3) is 5.91 Å². The molecule has 1 aliphatic carbocycles. The van der Waals surface area contributed by atoms with Crippen molar-refractivity contribution in [3.05, 3.63) is 40.3 Å². The molecule has 5 nitrogen and oxygen atoms in total. The second-order valence-electron chi connectivity index (χ2n) is 8.85. The van der Waals surface area contributed by atoms with E-state index >= 15 is 0 Å². The van der Waals surface area contributed by atoms with Crippen LogP contribution in [0.2, 0.25) is 0 Å². The van der Waals surface area contributed by atoms with Crippen molar-refractivity contribution in [1.29, 1.82) is 0 Å². The normalized spacial score (nSPS) is 16.3. The molecule has 0 bridgehead atoms. The Morgan fingerprint density at radius 2 is 1.84 bits per heavy atom. The third kappa shape index (κ3) is 5.26. The van der Waals surface area contributed by atoms with Crippen molar-refractivity contribution in [2.45, 2.75) is 53.1 Å². The highest BCUT2D eigenvalue weighted by Gasteiger charge is 2.41. The van der Waals surface area contributed by atoms with Gasteiger partial charge in [0.2, 0.25) is 0 Å². The molecule has 2 N–H and O–H groups in total. The van der Waals surface area contributed by atoms with E-state index in [1.165, 1.54) is 0 Å². The average molecular weight is 469 g/mol. The monoisotopic (exact) mass is 468 g/mol. The number of anilines is 2. The summed E-state index contributed by atoms with van der Waals surface area (Å²) in [6.45, 7) is 8.58. The second-order valence-corrected chi connectivity index (χ2v) is 9.95. The van der Waals surface area contributed by atoms with Gasteiger partial charge in [-0.25, -0.2) is 0 Å². The molecule has 32 heavy (non-hydrogen) atoms.